The van der Waals surface area contributed by atoms with Crippen LogP contribution in [0.25, 0.3) is 0 Å². The maximum atomic E-state index is 13.4. The lowest BCUT2D eigenvalue weighted by Gasteiger charge is -2.33. The molecule has 1 N–H and O–H groups in total. The minimum atomic E-state index is -0.590. The molecule has 2 rings (SSSR count). The van der Waals surface area contributed by atoms with Crippen LogP contribution < -0.4 is 5.32 Å². The summed E-state index contributed by atoms with van der Waals surface area (Å²) in [5.41, 5.74) is 3.68. The van der Waals surface area contributed by atoms with Crippen molar-refractivity contribution in [3.05, 3.63) is 68.7 Å². The molecule has 0 aliphatic carbocycles. The van der Waals surface area contributed by atoms with Crippen LogP contribution in [0.15, 0.2) is 36.4 Å². The number of nitrogens with zero attached hydrogens (tertiary/aromatic N) is 1. The van der Waals surface area contributed by atoms with Crippen molar-refractivity contribution in [2.75, 3.05) is 0 Å². The molecule has 0 bridgehead atoms. The van der Waals surface area contributed by atoms with Gasteiger partial charge in [0.2, 0.25) is 11.8 Å². The van der Waals surface area contributed by atoms with E-state index >= 15 is 0 Å². The zero-order valence-corrected chi connectivity index (χ0v) is 20.7. The van der Waals surface area contributed by atoms with Crippen LogP contribution in [0.3, 0.4) is 0 Å². The van der Waals surface area contributed by atoms with Crippen LogP contribution in [0, 0.1) is 13.8 Å². The molecule has 0 radical (unpaired) electrons. The molecule has 1 unspecified atom stereocenters. The molecule has 0 saturated heterocycles. The van der Waals surface area contributed by atoms with Crippen molar-refractivity contribution in [1.29, 1.82) is 0 Å². The summed E-state index contributed by atoms with van der Waals surface area (Å²) in [5.74, 6) is -0.270. The van der Waals surface area contributed by atoms with Crippen LogP contribution in [0.1, 0.15) is 56.4 Å². The molecule has 1 atom stereocenters. The molecular formula is C25H32Cl2N2O2. The van der Waals surface area contributed by atoms with Gasteiger partial charge < -0.3 is 10.2 Å². The third kappa shape index (κ3) is 7.26. The second-order valence-corrected chi connectivity index (χ2v) is 9.84. The summed E-state index contributed by atoms with van der Waals surface area (Å²) in [7, 11) is 0. The molecule has 2 aromatic rings. The van der Waals surface area contributed by atoms with Crippen LogP contribution >= 0.6 is 23.2 Å². The van der Waals surface area contributed by atoms with Gasteiger partial charge in [0, 0.05) is 12.1 Å². The fourth-order valence-electron chi connectivity index (χ4n) is 3.40. The Morgan fingerprint density at radius 1 is 0.968 bits per heavy atom. The fraction of sp³-hybridized carbons (Fsp3) is 0.440. The van der Waals surface area contributed by atoms with Gasteiger partial charge in [-0.15, -0.1) is 0 Å². The van der Waals surface area contributed by atoms with Crippen molar-refractivity contribution in [2.45, 2.75) is 72.5 Å². The number of carbonyl (C=O) groups excluding carboxylic acids is 2. The van der Waals surface area contributed by atoms with Gasteiger partial charge in [-0.25, -0.2) is 0 Å². The number of amides is 2. The molecule has 6 heteroatoms. The first kappa shape index (κ1) is 25.2. The topological polar surface area (TPSA) is 49.4 Å². The zero-order valence-electron chi connectivity index (χ0n) is 19.2. The van der Waals surface area contributed by atoms with Crippen LogP contribution in [0.2, 0.25) is 10.0 Å². The van der Waals surface area contributed by atoms with Crippen LogP contribution in [-0.4, -0.2) is 28.3 Å². The van der Waals surface area contributed by atoms with Gasteiger partial charge in [-0.1, -0.05) is 54.4 Å². The Kier molecular flexibility index (Phi) is 8.56. The van der Waals surface area contributed by atoms with Crippen molar-refractivity contribution in [3.63, 3.8) is 0 Å². The Hall–Kier alpha value is -2.04. The Bertz CT molecular complexity index is 951. The maximum Gasteiger partial charge on any atom is 0.243 e. The van der Waals surface area contributed by atoms with E-state index in [0.29, 0.717) is 16.5 Å². The number of halogens is 2. The highest BCUT2D eigenvalue weighted by atomic mass is 35.5. The van der Waals surface area contributed by atoms with Gasteiger partial charge in [0.1, 0.15) is 6.04 Å². The minimum absolute atomic E-state index is 0.106. The molecule has 168 valence electrons. The van der Waals surface area contributed by atoms with Crippen molar-refractivity contribution in [1.82, 2.24) is 10.2 Å². The van der Waals surface area contributed by atoms with Crippen molar-refractivity contribution in [2.24, 2.45) is 0 Å². The summed E-state index contributed by atoms with van der Waals surface area (Å²) < 4.78 is 0. The number of hydrogen-bond acceptors (Lipinski definition) is 2. The molecule has 0 fully saturated rings. The molecule has 2 amide bonds. The van der Waals surface area contributed by atoms with E-state index in [-0.39, 0.29) is 24.8 Å². The quantitative estimate of drug-likeness (QED) is 0.558. The average Bonchev–Trinajstić information content (AvgIpc) is 2.66. The summed E-state index contributed by atoms with van der Waals surface area (Å²) in [6, 6.07) is 10.7. The molecule has 0 spiro atoms. The second kappa shape index (κ2) is 10.5. The van der Waals surface area contributed by atoms with Crippen LogP contribution in [-0.2, 0) is 22.6 Å². The minimum Gasteiger partial charge on any atom is -0.350 e. The standard InChI is InChI=1S/C25H32Cl2N2O2/c1-7-22(24(31)28-25(4,5)6)29(15-19-10-11-20(26)21(27)13-19)23(30)14-18-9-8-16(2)17(3)12-18/h8-13,22H,7,14-15H2,1-6H3,(H,28,31). The first-order valence-electron chi connectivity index (χ1n) is 10.5. The highest BCUT2D eigenvalue weighted by molar-refractivity contribution is 6.42. The lowest BCUT2D eigenvalue weighted by atomic mass is 10.0. The van der Waals surface area contributed by atoms with Gasteiger partial charge in [-0.3, -0.25) is 9.59 Å². The van der Waals surface area contributed by atoms with E-state index in [1.54, 1.807) is 17.0 Å². The predicted molar refractivity (Wildman–Crippen MR) is 129 cm³/mol. The number of carbonyl (C=O) groups is 2. The first-order valence-corrected chi connectivity index (χ1v) is 11.3. The van der Waals surface area contributed by atoms with E-state index in [2.05, 4.69) is 5.32 Å². The lowest BCUT2D eigenvalue weighted by Crippen LogP contribution is -2.53. The van der Waals surface area contributed by atoms with E-state index in [4.69, 9.17) is 23.2 Å². The van der Waals surface area contributed by atoms with E-state index in [1.807, 2.05) is 65.8 Å². The Morgan fingerprint density at radius 3 is 2.16 bits per heavy atom. The molecule has 4 nitrogen and oxygen atoms in total. The fourth-order valence-corrected chi connectivity index (χ4v) is 3.72. The highest BCUT2D eigenvalue weighted by Crippen LogP contribution is 2.24. The smallest absolute Gasteiger partial charge is 0.243 e. The third-order valence-corrected chi connectivity index (χ3v) is 5.89. The van der Waals surface area contributed by atoms with E-state index in [0.717, 1.165) is 16.7 Å². The number of aryl methyl sites for hydroxylation is 2. The van der Waals surface area contributed by atoms with E-state index in [9.17, 15) is 9.59 Å². The largest absolute Gasteiger partial charge is 0.350 e. The first-order chi connectivity index (χ1) is 14.4. The van der Waals surface area contributed by atoms with E-state index < -0.39 is 11.6 Å². The molecule has 31 heavy (non-hydrogen) atoms. The summed E-state index contributed by atoms with van der Waals surface area (Å²) in [6.07, 6.45) is 0.726. The van der Waals surface area contributed by atoms with Gasteiger partial charge in [-0.2, -0.15) is 0 Å². The predicted octanol–water partition coefficient (Wildman–Crippen LogP) is 5.87. The molecule has 0 saturated carbocycles. The lowest BCUT2D eigenvalue weighted by molar-refractivity contribution is -0.141. The summed E-state index contributed by atoms with van der Waals surface area (Å²) in [6.45, 7) is 12.0. The molecule has 0 aliphatic heterocycles. The van der Waals surface area contributed by atoms with Gasteiger partial charge in [0.05, 0.1) is 16.5 Å². The zero-order chi connectivity index (χ0) is 23.3. The average molecular weight is 463 g/mol. The molecule has 0 heterocycles. The Balaban J connectivity index is 2.36. The summed E-state index contributed by atoms with van der Waals surface area (Å²) in [4.78, 5) is 28.1. The number of rotatable bonds is 7. The van der Waals surface area contributed by atoms with Gasteiger partial charge in [-0.05, 0) is 75.4 Å². The van der Waals surface area contributed by atoms with Crippen molar-refractivity contribution < 1.29 is 9.59 Å². The number of nitrogens with one attached hydrogen (secondary N) is 1. The molecule has 0 aromatic heterocycles. The third-order valence-electron chi connectivity index (χ3n) is 5.15. The highest BCUT2D eigenvalue weighted by Gasteiger charge is 2.30. The van der Waals surface area contributed by atoms with Crippen LogP contribution in [0.5, 0.6) is 0 Å². The molecule has 2 aromatic carbocycles. The second-order valence-electron chi connectivity index (χ2n) is 9.03. The number of hydrogen-bond donors (Lipinski definition) is 1. The van der Waals surface area contributed by atoms with Gasteiger partial charge in [0.15, 0.2) is 0 Å². The maximum absolute atomic E-state index is 13.4. The Morgan fingerprint density at radius 2 is 1.61 bits per heavy atom. The SMILES string of the molecule is CCC(C(=O)NC(C)(C)C)N(Cc1ccc(Cl)c(Cl)c1)C(=O)Cc1ccc(C)c(C)c1. The van der Waals surface area contributed by atoms with Crippen LogP contribution in [0.4, 0.5) is 0 Å². The summed E-state index contributed by atoms with van der Waals surface area (Å²) in [5, 5.41) is 3.89. The van der Waals surface area contributed by atoms with Gasteiger partial charge in [0.25, 0.3) is 0 Å². The van der Waals surface area contributed by atoms with E-state index in [1.165, 1.54) is 5.56 Å². The monoisotopic (exact) mass is 462 g/mol. The van der Waals surface area contributed by atoms with Crippen molar-refractivity contribution >= 4 is 35.0 Å². The normalized spacial score (nSPS) is 12.4. The molecule has 0 aliphatic rings. The summed E-state index contributed by atoms with van der Waals surface area (Å²) >= 11 is 12.2. The van der Waals surface area contributed by atoms with Crippen molar-refractivity contribution in [3.8, 4) is 0 Å². The Labute approximate surface area is 195 Å². The number of benzene rings is 2. The molecular weight excluding hydrogens is 431 g/mol. The van der Waals surface area contributed by atoms with Gasteiger partial charge >= 0.3 is 0 Å².